The Morgan fingerprint density at radius 3 is 2.09 bits per heavy atom. The van der Waals surface area contributed by atoms with E-state index in [4.69, 9.17) is 0 Å². The van der Waals surface area contributed by atoms with E-state index in [2.05, 4.69) is 10.2 Å². The van der Waals surface area contributed by atoms with Crippen LogP contribution in [-0.4, -0.2) is 36.2 Å². The molecule has 0 bridgehead atoms. The maximum Gasteiger partial charge on any atom is 0.251 e. The molecule has 4 nitrogen and oxygen atoms in total. The van der Waals surface area contributed by atoms with Gasteiger partial charge in [-0.25, -0.2) is 0 Å². The molecule has 3 fully saturated rings. The first kappa shape index (κ1) is 15.0. The number of hydrogen-bond acceptors (Lipinski definition) is 3. The van der Waals surface area contributed by atoms with E-state index in [1.165, 1.54) is 25.7 Å². The maximum absolute atomic E-state index is 12.5. The number of piperidine rings is 1. The third-order valence-electron chi connectivity index (χ3n) is 5.52. The summed E-state index contributed by atoms with van der Waals surface area (Å²) in [7, 11) is 0. The van der Waals surface area contributed by atoms with Crippen LogP contribution in [-0.2, 0) is 0 Å². The number of aliphatic hydroxyl groups excluding tert-OH is 1. The average molecular weight is 314 g/mol. The van der Waals surface area contributed by atoms with E-state index < -0.39 is 0 Å². The molecule has 2 aliphatic carbocycles. The zero-order valence-corrected chi connectivity index (χ0v) is 13.6. The Balaban J connectivity index is 1.38. The van der Waals surface area contributed by atoms with Crippen LogP contribution in [0.3, 0.4) is 0 Å². The lowest BCUT2D eigenvalue weighted by Gasteiger charge is -2.31. The van der Waals surface area contributed by atoms with Crippen LogP contribution in [0.25, 0.3) is 0 Å². The van der Waals surface area contributed by atoms with Crippen molar-refractivity contribution < 1.29 is 9.90 Å². The summed E-state index contributed by atoms with van der Waals surface area (Å²) in [5, 5.41) is 12.9. The molecule has 3 aliphatic rings. The van der Waals surface area contributed by atoms with E-state index in [0.717, 1.165) is 49.0 Å². The van der Waals surface area contributed by atoms with Gasteiger partial charge in [-0.1, -0.05) is 0 Å². The van der Waals surface area contributed by atoms with E-state index in [-0.39, 0.29) is 12.0 Å². The van der Waals surface area contributed by atoms with Crippen LogP contribution in [0.15, 0.2) is 24.3 Å². The lowest BCUT2D eigenvalue weighted by Crippen LogP contribution is -2.38. The largest absolute Gasteiger partial charge is 0.393 e. The van der Waals surface area contributed by atoms with Crippen LogP contribution in [0.2, 0.25) is 0 Å². The first-order valence-corrected chi connectivity index (χ1v) is 9.04. The number of benzene rings is 1. The first-order valence-electron chi connectivity index (χ1n) is 9.04. The highest BCUT2D eigenvalue weighted by Gasteiger charge is 2.42. The fraction of sp³-hybridized carbons (Fsp3) is 0.632. The molecular formula is C19H26N2O2. The fourth-order valence-electron chi connectivity index (χ4n) is 3.71. The topological polar surface area (TPSA) is 52.6 Å². The number of carbonyl (C=O) groups excluding carboxylic acids is 1. The van der Waals surface area contributed by atoms with Crippen molar-refractivity contribution in [1.29, 1.82) is 0 Å². The molecule has 4 rings (SSSR count). The zero-order chi connectivity index (χ0) is 15.8. The van der Waals surface area contributed by atoms with Crippen LogP contribution < -0.4 is 10.2 Å². The Labute approximate surface area is 137 Å². The molecule has 2 N–H and O–H groups in total. The third kappa shape index (κ3) is 3.52. The quantitative estimate of drug-likeness (QED) is 0.878. The van der Waals surface area contributed by atoms with Crippen LogP contribution >= 0.6 is 0 Å². The lowest BCUT2D eigenvalue weighted by atomic mass is 10.1. The number of rotatable bonds is 5. The summed E-state index contributed by atoms with van der Waals surface area (Å²) >= 11 is 0. The normalized spacial score (nSPS) is 22.4. The van der Waals surface area contributed by atoms with Crippen LogP contribution in [0.1, 0.15) is 48.9 Å². The van der Waals surface area contributed by atoms with Crippen molar-refractivity contribution in [2.24, 2.45) is 11.8 Å². The van der Waals surface area contributed by atoms with Crippen molar-refractivity contribution >= 4 is 11.6 Å². The van der Waals surface area contributed by atoms with Gasteiger partial charge in [-0.2, -0.15) is 0 Å². The molecule has 1 aromatic carbocycles. The molecule has 23 heavy (non-hydrogen) atoms. The summed E-state index contributed by atoms with van der Waals surface area (Å²) in [4.78, 5) is 14.8. The van der Waals surface area contributed by atoms with Gasteiger partial charge in [0.1, 0.15) is 0 Å². The summed E-state index contributed by atoms with van der Waals surface area (Å²) in [5.41, 5.74) is 1.91. The van der Waals surface area contributed by atoms with Gasteiger partial charge in [-0.3, -0.25) is 4.79 Å². The Kier molecular flexibility index (Phi) is 4.02. The predicted octanol–water partition coefficient (Wildman–Crippen LogP) is 2.57. The van der Waals surface area contributed by atoms with Gasteiger partial charge in [0.05, 0.1) is 6.10 Å². The fourth-order valence-corrected chi connectivity index (χ4v) is 3.71. The summed E-state index contributed by atoms with van der Waals surface area (Å²) < 4.78 is 0. The minimum absolute atomic E-state index is 0.0782. The van der Waals surface area contributed by atoms with Crippen LogP contribution in [0, 0.1) is 11.8 Å². The number of hydrogen-bond donors (Lipinski definition) is 2. The second-order valence-electron chi connectivity index (χ2n) is 7.44. The van der Waals surface area contributed by atoms with Gasteiger partial charge in [-0.15, -0.1) is 0 Å². The Morgan fingerprint density at radius 2 is 1.57 bits per heavy atom. The molecule has 0 spiro atoms. The standard InChI is InChI=1S/C19H26N2O2/c22-17-9-11-21(12-10-17)16-7-5-15(6-8-16)19(23)20-18(13-1-2-13)14-3-4-14/h5-8,13-14,17-18,22H,1-4,9-12H2,(H,20,23). The molecule has 0 radical (unpaired) electrons. The van der Waals surface area contributed by atoms with E-state index >= 15 is 0 Å². The smallest absolute Gasteiger partial charge is 0.251 e. The zero-order valence-electron chi connectivity index (χ0n) is 13.6. The van der Waals surface area contributed by atoms with Gasteiger partial charge in [0.2, 0.25) is 0 Å². The van der Waals surface area contributed by atoms with E-state index in [9.17, 15) is 9.90 Å². The Morgan fingerprint density at radius 1 is 1.00 bits per heavy atom. The van der Waals surface area contributed by atoms with Gasteiger partial charge >= 0.3 is 0 Å². The number of anilines is 1. The van der Waals surface area contributed by atoms with E-state index in [1.54, 1.807) is 0 Å². The Hall–Kier alpha value is -1.55. The summed E-state index contributed by atoms with van der Waals surface area (Å²) in [6, 6.07) is 8.36. The highest BCUT2D eigenvalue weighted by atomic mass is 16.3. The lowest BCUT2D eigenvalue weighted by molar-refractivity contribution is 0.0926. The first-order chi connectivity index (χ1) is 11.2. The molecule has 1 aromatic rings. The minimum atomic E-state index is -0.155. The molecule has 1 heterocycles. The van der Waals surface area contributed by atoms with Gasteiger partial charge < -0.3 is 15.3 Å². The number of aliphatic hydroxyl groups is 1. The number of carbonyl (C=O) groups is 1. The number of amides is 1. The highest BCUT2D eigenvalue weighted by molar-refractivity contribution is 5.94. The van der Waals surface area contributed by atoms with Crippen molar-refractivity contribution in [2.45, 2.75) is 50.7 Å². The molecule has 1 amide bonds. The predicted molar refractivity (Wildman–Crippen MR) is 90.6 cm³/mol. The monoisotopic (exact) mass is 314 g/mol. The summed E-state index contributed by atoms with van der Waals surface area (Å²) in [5.74, 6) is 1.53. The van der Waals surface area contributed by atoms with Crippen LogP contribution in [0.4, 0.5) is 5.69 Å². The number of nitrogens with zero attached hydrogens (tertiary/aromatic N) is 1. The molecular weight excluding hydrogens is 288 g/mol. The molecule has 2 saturated carbocycles. The molecule has 0 atom stereocenters. The Bertz CT molecular complexity index is 543. The van der Waals surface area contributed by atoms with E-state index in [1.807, 2.05) is 24.3 Å². The van der Waals surface area contributed by atoms with Crippen molar-refractivity contribution in [3.63, 3.8) is 0 Å². The van der Waals surface area contributed by atoms with Gasteiger partial charge in [0.25, 0.3) is 5.91 Å². The van der Waals surface area contributed by atoms with Crippen molar-refractivity contribution in [3.05, 3.63) is 29.8 Å². The van der Waals surface area contributed by atoms with Crippen LogP contribution in [0.5, 0.6) is 0 Å². The second kappa shape index (κ2) is 6.16. The van der Waals surface area contributed by atoms with Gasteiger partial charge in [0.15, 0.2) is 0 Å². The molecule has 1 aliphatic heterocycles. The molecule has 4 heteroatoms. The highest BCUT2D eigenvalue weighted by Crippen LogP contribution is 2.44. The SMILES string of the molecule is O=C(NC(C1CC1)C1CC1)c1ccc(N2CCC(O)CC2)cc1. The minimum Gasteiger partial charge on any atom is -0.393 e. The average Bonchev–Trinajstić information content (AvgIpc) is 3.47. The second-order valence-corrected chi connectivity index (χ2v) is 7.44. The van der Waals surface area contributed by atoms with Gasteiger partial charge in [0, 0.05) is 30.4 Å². The molecule has 0 aromatic heterocycles. The van der Waals surface area contributed by atoms with Crippen molar-refractivity contribution in [3.8, 4) is 0 Å². The van der Waals surface area contributed by atoms with Crippen molar-refractivity contribution in [2.75, 3.05) is 18.0 Å². The summed E-state index contributed by atoms with van der Waals surface area (Å²) in [6.45, 7) is 1.77. The summed E-state index contributed by atoms with van der Waals surface area (Å²) in [6.07, 6.45) is 6.61. The number of nitrogens with one attached hydrogen (secondary N) is 1. The van der Waals surface area contributed by atoms with E-state index in [0.29, 0.717) is 6.04 Å². The molecule has 0 unspecified atom stereocenters. The molecule has 1 saturated heterocycles. The van der Waals surface area contributed by atoms with Crippen molar-refractivity contribution in [1.82, 2.24) is 5.32 Å². The third-order valence-corrected chi connectivity index (χ3v) is 5.52. The molecule has 124 valence electrons. The van der Waals surface area contributed by atoms with Gasteiger partial charge in [-0.05, 0) is 74.6 Å². The maximum atomic E-state index is 12.5.